The van der Waals surface area contributed by atoms with Crippen molar-refractivity contribution in [3.8, 4) is 0 Å². The molecule has 0 radical (unpaired) electrons. The predicted molar refractivity (Wildman–Crippen MR) is 286 cm³/mol. The molecule has 0 bridgehead atoms. The SMILES string of the molecule is CCCCC/C=C/C/C=C/CCCCCCCCCCCC(=O)OC[C@H](COP(=O)(O)OC1C(O)C(O)C(O)[C@@H](O)C1O)OC(=O)CCCCCCCCCCCCCCCCCCCCCCCCC. The fourth-order valence-corrected chi connectivity index (χ4v) is 10.1. The molecule has 71 heavy (non-hydrogen) atoms. The van der Waals surface area contributed by atoms with Crippen molar-refractivity contribution >= 4 is 19.8 Å². The van der Waals surface area contributed by atoms with Crippen LogP contribution in [0.25, 0.3) is 0 Å². The zero-order valence-electron chi connectivity index (χ0n) is 45.0. The van der Waals surface area contributed by atoms with Crippen molar-refractivity contribution in [3.63, 3.8) is 0 Å². The van der Waals surface area contributed by atoms with Gasteiger partial charge < -0.3 is 39.9 Å². The second kappa shape index (κ2) is 46.8. The van der Waals surface area contributed by atoms with Crippen LogP contribution in [0, 0.1) is 0 Å². The van der Waals surface area contributed by atoms with E-state index in [-0.39, 0.29) is 12.8 Å². The van der Waals surface area contributed by atoms with Crippen LogP contribution in [-0.2, 0) is 32.7 Å². The van der Waals surface area contributed by atoms with E-state index in [1.165, 1.54) is 173 Å². The van der Waals surface area contributed by atoms with E-state index in [2.05, 4.69) is 38.2 Å². The molecule has 1 rings (SSSR count). The third-order valence-corrected chi connectivity index (χ3v) is 14.8. The van der Waals surface area contributed by atoms with Gasteiger partial charge in [0, 0.05) is 12.8 Å². The molecule has 0 heterocycles. The van der Waals surface area contributed by atoms with Gasteiger partial charge in [-0.05, 0) is 44.9 Å². The van der Waals surface area contributed by atoms with Crippen LogP contribution in [0.5, 0.6) is 0 Å². The molecule has 0 aromatic carbocycles. The number of allylic oxidation sites excluding steroid dienone is 4. The number of carbonyl (C=O) groups excluding carboxylic acids is 2. The normalized spacial score (nSPS) is 20.7. The number of aliphatic hydroxyl groups excluding tert-OH is 5. The summed E-state index contributed by atoms with van der Waals surface area (Å²) in [6.07, 6.45) is 42.2. The van der Waals surface area contributed by atoms with Crippen LogP contribution in [0.15, 0.2) is 24.3 Å². The Hall–Kier alpha value is -1.67. The maximum atomic E-state index is 12.9. The first-order chi connectivity index (χ1) is 34.4. The topological polar surface area (TPSA) is 210 Å². The van der Waals surface area contributed by atoms with Crippen molar-refractivity contribution in [1.82, 2.24) is 0 Å². The fourth-order valence-electron chi connectivity index (χ4n) is 9.14. The molecule has 0 saturated heterocycles. The molecule has 6 N–H and O–H groups in total. The molecule has 1 aliphatic rings. The van der Waals surface area contributed by atoms with Gasteiger partial charge in [-0.15, -0.1) is 0 Å². The van der Waals surface area contributed by atoms with Crippen molar-refractivity contribution < 1.29 is 63.1 Å². The fraction of sp³-hybridized carbons (Fsp3) is 0.895. The summed E-state index contributed by atoms with van der Waals surface area (Å²) in [6.45, 7) is 3.33. The van der Waals surface area contributed by atoms with Crippen LogP contribution in [0.3, 0.4) is 0 Å². The third-order valence-electron chi connectivity index (χ3n) is 13.8. The van der Waals surface area contributed by atoms with E-state index in [1.807, 2.05) is 0 Å². The first kappa shape index (κ1) is 67.3. The second-order valence-electron chi connectivity index (χ2n) is 20.5. The molecule has 418 valence electrons. The molecular weight excluding hydrogens is 924 g/mol. The van der Waals surface area contributed by atoms with Gasteiger partial charge >= 0.3 is 19.8 Å². The average Bonchev–Trinajstić information content (AvgIpc) is 3.35. The van der Waals surface area contributed by atoms with Crippen molar-refractivity contribution in [2.75, 3.05) is 13.2 Å². The van der Waals surface area contributed by atoms with Crippen molar-refractivity contribution in [3.05, 3.63) is 24.3 Å². The maximum absolute atomic E-state index is 12.9. The minimum Gasteiger partial charge on any atom is -0.462 e. The molecule has 14 heteroatoms. The van der Waals surface area contributed by atoms with Gasteiger partial charge in [0.1, 0.15) is 43.2 Å². The lowest BCUT2D eigenvalue weighted by Crippen LogP contribution is -2.64. The Morgan fingerprint density at radius 1 is 0.437 bits per heavy atom. The number of hydrogen-bond acceptors (Lipinski definition) is 12. The number of aliphatic hydroxyl groups is 5. The molecule has 13 nitrogen and oxygen atoms in total. The van der Waals surface area contributed by atoms with Gasteiger partial charge in [0.25, 0.3) is 0 Å². The monoisotopic (exact) mass is 1030 g/mol. The molecule has 0 aromatic rings. The van der Waals surface area contributed by atoms with Crippen LogP contribution in [-0.4, -0.2) is 98.3 Å². The summed E-state index contributed by atoms with van der Waals surface area (Å²) in [5.41, 5.74) is 0. The number of ether oxygens (including phenoxy) is 2. The number of esters is 2. The molecular formula is C57H107O13P. The van der Waals surface area contributed by atoms with Crippen molar-refractivity contribution in [1.29, 1.82) is 0 Å². The van der Waals surface area contributed by atoms with Crippen LogP contribution >= 0.6 is 7.82 Å². The molecule has 8 atom stereocenters. The van der Waals surface area contributed by atoms with E-state index in [0.717, 1.165) is 57.8 Å². The van der Waals surface area contributed by atoms with Gasteiger partial charge in [-0.1, -0.05) is 237 Å². The quantitative estimate of drug-likeness (QED) is 0.0145. The van der Waals surface area contributed by atoms with E-state index in [1.54, 1.807) is 0 Å². The molecule has 0 spiro atoms. The minimum atomic E-state index is -5.12. The Labute approximate surface area is 432 Å². The summed E-state index contributed by atoms with van der Waals surface area (Å²) in [5, 5.41) is 50.4. The Morgan fingerprint density at radius 2 is 0.761 bits per heavy atom. The van der Waals surface area contributed by atoms with Gasteiger partial charge in [-0.25, -0.2) is 4.57 Å². The lowest BCUT2D eigenvalue weighted by molar-refractivity contribution is -0.220. The highest BCUT2D eigenvalue weighted by atomic mass is 31.2. The molecule has 0 aromatic heterocycles. The van der Waals surface area contributed by atoms with E-state index >= 15 is 0 Å². The maximum Gasteiger partial charge on any atom is 0.472 e. The Bertz CT molecular complexity index is 1330. The lowest BCUT2D eigenvalue weighted by Gasteiger charge is -2.41. The molecule has 0 amide bonds. The number of rotatable bonds is 50. The number of hydrogen-bond donors (Lipinski definition) is 6. The number of carbonyl (C=O) groups is 2. The summed E-state index contributed by atoms with van der Waals surface area (Å²) in [7, 11) is -5.12. The molecule has 0 aliphatic heterocycles. The van der Waals surface area contributed by atoms with E-state index in [9.17, 15) is 44.6 Å². The Balaban J connectivity index is 2.32. The van der Waals surface area contributed by atoms with Gasteiger partial charge in [-0.3, -0.25) is 18.6 Å². The summed E-state index contributed by atoms with van der Waals surface area (Å²) >= 11 is 0. The summed E-state index contributed by atoms with van der Waals surface area (Å²) in [5.74, 6) is -1.09. The van der Waals surface area contributed by atoms with Crippen LogP contribution in [0.1, 0.15) is 271 Å². The molecule has 1 fully saturated rings. The molecule has 1 aliphatic carbocycles. The molecule has 6 unspecified atom stereocenters. The first-order valence-corrected chi connectivity index (χ1v) is 30.6. The minimum absolute atomic E-state index is 0.101. The van der Waals surface area contributed by atoms with Crippen molar-refractivity contribution in [2.24, 2.45) is 0 Å². The Morgan fingerprint density at radius 3 is 1.17 bits per heavy atom. The highest BCUT2D eigenvalue weighted by molar-refractivity contribution is 7.47. The van der Waals surface area contributed by atoms with Crippen LogP contribution in [0.4, 0.5) is 0 Å². The number of unbranched alkanes of at least 4 members (excludes halogenated alkanes) is 34. The third kappa shape index (κ3) is 38.5. The van der Waals surface area contributed by atoms with Gasteiger partial charge in [0.2, 0.25) is 0 Å². The first-order valence-electron chi connectivity index (χ1n) is 29.1. The summed E-state index contributed by atoms with van der Waals surface area (Å²) < 4.78 is 33.8. The highest BCUT2D eigenvalue weighted by Crippen LogP contribution is 2.47. The zero-order valence-corrected chi connectivity index (χ0v) is 45.9. The summed E-state index contributed by atoms with van der Waals surface area (Å²) in [6, 6.07) is 0. The van der Waals surface area contributed by atoms with Gasteiger partial charge in [-0.2, -0.15) is 0 Å². The number of phosphoric ester groups is 1. The Kier molecular flexibility index (Phi) is 44.4. The van der Waals surface area contributed by atoms with E-state index < -0.39 is 75.7 Å². The molecule has 1 saturated carbocycles. The van der Waals surface area contributed by atoms with E-state index in [0.29, 0.717) is 12.8 Å². The van der Waals surface area contributed by atoms with Crippen LogP contribution in [0.2, 0.25) is 0 Å². The second-order valence-corrected chi connectivity index (χ2v) is 21.9. The predicted octanol–water partition coefficient (Wildman–Crippen LogP) is 13.5. The van der Waals surface area contributed by atoms with E-state index in [4.69, 9.17) is 18.5 Å². The van der Waals surface area contributed by atoms with Crippen molar-refractivity contribution in [2.45, 2.75) is 313 Å². The zero-order chi connectivity index (χ0) is 52.1. The number of phosphoric acid groups is 1. The smallest absolute Gasteiger partial charge is 0.462 e. The largest absolute Gasteiger partial charge is 0.472 e. The lowest BCUT2D eigenvalue weighted by atomic mass is 9.85. The summed E-state index contributed by atoms with van der Waals surface area (Å²) in [4.78, 5) is 36.0. The van der Waals surface area contributed by atoms with Gasteiger partial charge in [0.15, 0.2) is 6.10 Å². The standard InChI is InChI=1S/C57H107O13P/c1-3-5-7-9-11-13-15-17-19-21-23-24-25-26-28-30-32-34-36-38-40-42-44-46-51(59)69-49(48-68-71(65,66)70-57-55(63)53(61)52(60)54(62)56(57)64)47-67-50(58)45-43-41-39-37-35-33-31-29-27-22-20-18-16-14-12-10-8-6-4-2/h12,14,18,20,49,52-57,60-64H,3-11,13,15-17,19,21-48H2,1-2H3,(H,65,66)/b14-12+,20-18+/t49-,52?,53-,54?,55?,56?,57?/m1/s1. The van der Waals surface area contributed by atoms with Gasteiger partial charge in [0.05, 0.1) is 6.61 Å². The highest BCUT2D eigenvalue weighted by Gasteiger charge is 2.51. The average molecular weight is 1030 g/mol. The van der Waals surface area contributed by atoms with Crippen LogP contribution < -0.4 is 0 Å².